The van der Waals surface area contributed by atoms with E-state index in [4.69, 9.17) is 0 Å². The molecule has 0 aliphatic carbocycles. The van der Waals surface area contributed by atoms with E-state index in [2.05, 4.69) is 53.6 Å². The number of hydrogen-bond donors (Lipinski definition) is 1. The van der Waals surface area contributed by atoms with Crippen molar-refractivity contribution in [1.82, 2.24) is 0 Å². The van der Waals surface area contributed by atoms with Crippen molar-refractivity contribution < 1.29 is 0 Å². The Balaban J connectivity index is 2.87. The zero-order valence-electron chi connectivity index (χ0n) is 7.51. The molecule has 1 heterocycles. The van der Waals surface area contributed by atoms with E-state index in [1.165, 1.54) is 0 Å². The third-order valence-corrected chi connectivity index (χ3v) is 4.41. The predicted molar refractivity (Wildman–Crippen MR) is 60.9 cm³/mol. The van der Waals surface area contributed by atoms with Gasteiger partial charge in [-0.1, -0.05) is 0 Å². The second-order valence-electron chi connectivity index (χ2n) is 3.67. The summed E-state index contributed by atoms with van der Waals surface area (Å²) in [7, 11) is -1.21. The van der Waals surface area contributed by atoms with Gasteiger partial charge in [-0.2, -0.15) is 0 Å². The third-order valence-electron chi connectivity index (χ3n) is 1.21. The Bertz CT molecular complexity index is 324. The summed E-state index contributed by atoms with van der Waals surface area (Å²) < 4.78 is 0. The van der Waals surface area contributed by atoms with E-state index in [9.17, 15) is 0 Å². The average molecular weight is 259 g/mol. The summed E-state index contributed by atoms with van der Waals surface area (Å²) in [6.07, 6.45) is 0. The Kier molecular flexibility index (Phi) is 3.31. The molecule has 3 heteroatoms. The van der Waals surface area contributed by atoms with Crippen molar-refractivity contribution in [2.75, 3.05) is 0 Å². The molecular formula is C9H12SSeSi. The van der Waals surface area contributed by atoms with E-state index in [0.29, 0.717) is 14.5 Å². The topological polar surface area (TPSA) is 0 Å². The first-order valence-electron chi connectivity index (χ1n) is 3.77. The first-order valence-corrected chi connectivity index (χ1v) is 9.70. The second-order valence-corrected chi connectivity index (χ2v) is 10.5. The third kappa shape index (κ3) is 3.24. The monoisotopic (exact) mass is 260 g/mol. The quantitative estimate of drug-likeness (QED) is 0.412. The van der Waals surface area contributed by atoms with Crippen molar-refractivity contribution in [2.24, 2.45) is 0 Å². The van der Waals surface area contributed by atoms with Gasteiger partial charge in [0.2, 0.25) is 0 Å². The summed E-state index contributed by atoms with van der Waals surface area (Å²) >= 11 is 4.84. The molecule has 64 valence electrons. The molecule has 0 N–H and O–H groups in total. The van der Waals surface area contributed by atoms with Crippen LogP contribution in [0, 0.1) is 11.5 Å². The Hall–Kier alpha value is 0.126. The molecule has 0 atom stereocenters. The number of hydrogen-bond acceptors (Lipinski definition) is 1. The van der Waals surface area contributed by atoms with Crippen LogP contribution in [-0.4, -0.2) is 22.6 Å². The summed E-state index contributed by atoms with van der Waals surface area (Å²) in [6, 6.07) is 0. The summed E-state index contributed by atoms with van der Waals surface area (Å²) in [5, 5.41) is 0. The Morgan fingerprint density at radius 1 is 1.33 bits per heavy atom. The van der Waals surface area contributed by atoms with Crippen LogP contribution >= 0.6 is 12.6 Å². The van der Waals surface area contributed by atoms with Gasteiger partial charge in [0.1, 0.15) is 0 Å². The van der Waals surface area contributed by atoms with Gasteiger partial charge in [-0.3, -0.25) is 0 Å². The van der Waals surface area contributed by atoms with Crippen LogP contribution in [0.1, 0.15) is 5.56 Å². The first kappa shape index (κ1) is 10.2. The summed E-state index contributed by atoms with van der Waals surface area (Å²) in [6.45, 7) is 6.76. The average Bonchev–Trinajstić information content (AvgIpc) is 2.29. The van der Waals surface area contributed by atoms with Crippen LogP contribution in [0.2, 0.25) is 19.6 Å². The van der Waals surface area contributed by atoms with E-state index >= 15 is 0 Å². The fraction of sp³-hybridized carbons (Fsp3) is 0.333. The van der Waals surface area contributed by atoms with Crippen molar-refractivity contribution in [3.8, 4) is 11.5 Å². The van der Waals surface area contributed by atoms with Gasteiger partial charge in [0, 0.05) is 0 Å². The van der Waals surface area contributed by atoms with E-state index in [0.717, 1.165) is 10.5 Å². The van der Waals surface area contributed by atoms with Gasteiger partial charge >= 0.3 is 86.7 Å². The molecule has 0 amide bonds. The van der Waals surface area contributed by atoms with Gasteiger partial charge in [-0.25, -0.2) is 0 Å². The summed E-state index contributed by atoms with van der Waals surface area (Å²) in [5.74, 6) is 3.22. The van der Waals surface area contributed by atoms with E-state index in [-0.39, 0.29) is 0 Å². The first-order chi connectivity index (χ1) is 5.49. The molecule has 0 aromatic carbocycles. The summed E-state index contributed by atoms with van der Waals surface area (Å²) in [5.41, 5.74) is 4.47. The van der Waals surface area contributed by atoms with Crippen molar-refractivity contribution in [1.29, 1.82) is 0 Å². The van der Waals surface area contributed by atoms with Gasteiger partial charge in [0.15, 0.2) is 0 Å². The van der Waals surface area contributed by atoms with Crippen LogP contribution in [0.4, 0.5) is 0 Å². The molecule has 0 nitrogen and oxygen atoms in total. The standard InChI is InChI=1S/C9H12SSeSi/c1-12(2,3)5-4-8-6-11-7-9(8)10/h6-7,10H,1-3H3. The number of thiol groups is 1. The molecule has 0 unspecified atom stereocenters. The van der Waals surface area contributed by atoms with Gasteiger partial charge in [-0.15, -0.1) is 0 Å². The molecule has 1 aromatic heterocycles. The van der Waals surface area contributed by atoms with Gasteiger partial charge < -0.3 is 0 Å². The Morgan fingerprint density at radius 3 is 2.42 bits per heavy atom. The normalized spacial score (nSPS) is 10.7. The maximum atomic E-state index is 4.34. The molecule has 1 aromatic rings. The molecule has 0 aliphatic heterocycles. The van der Waals surface area contributed by atoms with E-state index in [1.54, 1.807) is 0 Å². The van der Waals surface area contributed by atoms with Crippen LogP contribution in [0.3, 0.4) is 0 Å². The zero-order chi connectivity index (χ0) is 9.19. The molecule has 0 fully saturated rings. The Morgan fingerprint density at radius 2 is 2.00 bits per heavy atom. The fourth-order valence-corrected chi connectivity index (χ4v) is 3.14. The van der Waals surface area contributed by atoms with Crippen molar-refractivity contribution in [2.45, 2.75) is 24.5 Å². The summed E-state index contributed by atoms with van der Waals surface area (Å²) in [4.78, 5) is 5.42. The zero-order valence-corrected chi connectivity index (χ0v) is 11.1. The predicted octanol–water partition coefficient (Wildman–Crippen LogP) is 2.26. The van der Waals surface area contributed by atoms with Crippen molar-refractivity contribution >= 4 is 35.2 Å². The molecule has 1 rings (SSSR count). The van der Waals surface area contributed by atoms with E-state index in [1.807, 2.05) is 0 Å². The molecule has 0 radical (unpaired) electrons. The SMILES string of the molecule is C[Si](C)(C)C#Cc1c[se]cc1S. The van der Waals surface area contributed by atoms with Crippen LogP contribution in [0.25, 0.3) is 0 Å². The van der Waals surface area contributed by atoms with Crippen LogP contribution in [0.5, 0.6) is 0 Å². The Labute approximate surface area is 86.5 Å². The molecule has 0 saturated carbocycles. The maximum absolute atomic E-state index is 4.34. The number of rotatable bonds is 0. The van der Waals surface area contributed by atoms with E-state index < -0.39 is 8.07 Å². The van der Waals surface area contributed by atoms with Gasteiger partial charge in [0.25, 0.3) is 0 Å². The molecule has 0 spiro atoms. The van der Waals surface area contributed by atoms with Crippen molar-refractivity contribution in [3.05, 3.63) is 15.4 Å². The molecule has 12 heavy (non-hydrogen) atoms. The molecular weight excluding hydrogens is 247 g/mol. The minimum absolute atomic E-state index is 0.501. The van der Waals surface area contributed by atoms with Crippen LogP contribution < -0.4 is 0 Å². The van der Waals surface area contributed by atoms with Gasteiger partial charge in [0.05, 0.1) is 0 Å². The molecule has 0 bridgehead atoms. The minimum atomic E-state index is -1.21. The molecule has 0 aliphatic rings. The second kappa shape index (κ2) is 3.89. The van der Waals surface area contributed by atoms with Gasteiger partial charge in [-0.05, 0) is 0 Å². The van der Waals surface area contributed by atoms with Crippen molar-refractivity contribution in [3.63, 3.8) is 0 Å². The van der Waals surface area contributed by atoms with Crippen LogP contribution in [0.15, 0.2) is 14.8 Å². The molecule has 0 saturated heterocycles. The van der Waals surface area contributed by atoms with Crippen LogP contribution in [-0.2, 0) is 0 Å². The fourth-order valence-electron chi connectivity index (χ4n) is 0.639.